The molecule has 3 heterocycles. The van der Waals surface area contributed by atoms with Crippen LogP contribution in [0, 0.1) is 0 Å². The lowest BCUT2D eigenvalue weighted by molar-refractivity contribution is 0.405. The van der Waals surface area contributed by atoms with E-state index in [0.717, 1.165) is 4.47 Å². The van der Waals surface area contributed by atoms with Crippen molar-refractivity contribution in [2.24, 2.45) is 0 Å². The van der Waals surface area contributed by atoms with E-state index in [2.05, 4.69) is 31.1 Å². The molecule has 25 heavy (non-hydrogen) atoms. The Morgan fingerprint density at radius 2 is 2.12 bits per heavy atom. The molecule has 0 N–H and O–H groups in total. The molecule has 8 heteroatoms. The Morgan fingerprint density at radius 1 is 1.24 bits per heavy atom. The number of halogens is 1. The molecule has 0 amide bonds. The SMILES string of the molecule is COc1cc(Br)cc2cc(-c3nc(-c4cccnc4)no3)c(=O)oc12. The highest BCUT2D eigenvalue weighted by atomic mass is 79.9. The van der Waals surface area contributed by atoms with E-state index >= 15 is 0 Å². The van der Waals surface area contributed by atoms with E-state index in [4.69, 9.17) is 13.7 Å². The van der Waals surface area contributed by atoms with Crippen molar-refractivity contribution in [2.45, 2.75) is 0 Å². The van der Waals surface area contributed by atoms with E-state index in [0.29, 0.717) is 28.1 Å². The molecular formula is C17H10BrN3O4. The number of benzene rings is 1. The normalized spacial score (nSPS) is 11.0. The average Bonchev–Trinajstić information content (AvgIpc) is 3.11. The predicted molar refractivity (Wildman–Crippen MR) is 93.3 cm³/mol. The van der Waals surface area contributed by atoms with Gasteiger partial charge in [-0.1, -0.05) is 21.1 Å². The number of fused-ring (bicyclic) bond motifs is 1. The fraction of sp³-hybridized carbons (Fsp3) is 0.0588. The number of methoxy groups -OCH3 is 1. The Bertz CT molecular complexity index is 1120. The van der Waals surface area contributed by atoms with Crippen LogP contribution in [0.2, 0.25) is 0 Å². The quantitative estimate of drug-likeness (QED) is 0.485. The molecule has 0 atom stereocenters. The number of nitrogens with zero attached hydrogens (tertiary/aromatic N) is 3. The summed E-state index contributed by atoms with van der Waals surface area (Å²) >= 11 is 3.40. The maximum absolute atomic E-state index is 12.4. The molecule has 124 valence electrons. The van der Waals surface area contributed by atoms with E-state index < -0.39 is 5.63 Å². The lowest BCUT2D eigenvalue weighted by Gasteiger charge is -2.05. The van der Waals surface area contributed by atoms with Crippen molar-refractivity contribution in [3.05, 3.63) is 57.6 Å². The van der Waals surface area contributed by atoms with Crippen molar-refractivity contribution in [3.63, 3.8) is 0 Å². The monoisotopic (exact) mass is 399 g/mol. The van der Waals surface area contributed by atoms with Gasteiger partial charge in [0.1, 0.15) is 5.56 Å². The van der Waals surface area contributed by atoms with Crippen molar-refractivity contribution in [1.82, 2.24) is 15.1 Å². The molecule has 1 aromatic carbocycles. The van der Waals surface area contributed by atoms with Gasteiger partial charge in [-0.15, -0.1) is 0 Å². The van der Waals surface area contributed by atoms with Gasteiger partial charge in [0.2, 0.25) is 5.82 Å². The molecular weight excluding hydrogens is 390 g/mol. The van der Waals surface area contributed by atoms with E-state index in [1.807, 2.05) is 6.07 Å². The van der Waals surface area contributed by atoms with E-state index in [9.17, 15) is 4.79 Å². The fourth-order valence-corrected chi connectivity index (χ4v) is 2.87. The van der Waals surface area contributed by atoms with Crippen LogP contribution in [-0.4, -0.2) is 22.2 Å². The Kier molecular flexibility index (Phi) is 3.81. The van der Waals surface area contributed by atoms with E-state index in [1.54, 1.807) is 36.7 Å². The number of rotatable bonds is 3. The van der Waals surface area contributed by atoms with Crippen molar-refractivity contribution in [2.75, 3.05) is 7.11 Å². The smallest absolute Gasteiger partial charge is 0.349 e. The molecule has 4 rings (SSSR count). The van der Waals surface area contributed by atoms with Crippen LogP contribution in [0.3, 0.4) is 0 Å². The molecule has 0 spiro atoms. The first-order chi connectivity index (χ1) is 12.2. The third-order valence-corrected chi connectivity index (χ3v) is 4.02. The number of hydrogen-bond acceptors (Lipinski definition) is 7. The van der Waals surface area contributed by atoms with Gasteiger partial charge < -0.3 is 13.7 Å². The second kappa shape index (κ2) is 6.14. The summed E-state index contributed by atoms with van der Waals surface area (Å²) in [6.45, 7) is 0. The summed E-state index contributed by atoms with van der Waals surface area (Å²) in [5, 5.41) is 4.56. The van der Waals surface area contributed by atoms with Gasteiger partial charge >= 0.3 is 5.63 Å². The minimum Gasteiger partial charge on any atom is -0.493 e. The fourth-order valence-electron chi connectivity index (χ4n) is 2.41. The number of ether oxygens (including phenoxy) is 1. The summed E-state index contributed by atoms with van der Waals surface area (Å²) in [5.74, 6) is 0.873. The van der Waals surface area contributed by atoms with Crippen LogP contribution in [0.5, 0.6) is 5.75 Å². The Labute approximate surface area is 149 Å². The van der Waals surface area contributed by atoms with Crippen molar-refractivity contribution in [3.8, 4) is 28.6 Å². The van der Waals surface area contributed by atoms with Gasteiger partial charge in [-0.25, -0.2) is 4.79 Å². The first-order valence-electron chi connectivity index (χ1n) is 7.21. The van der Waals surface area contributed by atoms with Crippen molar-refractivity contribution >= 4 is 26.9 Å². The average molecular weight is 400 g/mol. The third-order valence-electron chi connectivity index (χ3n) is 3.56. The molecule has 7 nitrogen and oxygen atoms in total. The zero-order chi connectivity index (χ0) is 17.4. The zero-order valence-corrected chi connectivity index (χ0v) is 14.5. The molecule has 0 aliphatic heterocycles. The largest absolute Gasteiger partial charge is 0.493 e. The Balaban J connectivity index is 1.86. The molecule has 0 aliphatic rings. The van der Waals surface area contributed by atoms with Crippen LogP contribution in [-0.2, 0) is 0 Å². The molecule has 0 saturated carbocycles. The van der Waals surface area contributed by atoms with Gasteiger partial charge in [-0.3, -0.25) is 4.98 Å². The van der Waals surface area contributed by atoms with Crippen LogP contribution < -0.4 is 10.4 Å². The second-order valence-corrected chi connectivity index (χ2v) is 6.05. The minimum atomic E-state index is -0.588. The van der Waals surface area contributed by atoms with Crippen molar-refractivity contribution < 1.29 is 13.7 Å². The van der Waals surface area contributed by atoms with Crippen LogP contribution in [0.1, 0.15) is 0 Å². The van der Waals surface area contributed by atoms with Gasteiger partial charge in [0.15, 0.2) is 11.3 Å². The standard InChI is InChI=1S/C17H10BrN3O4/c1-23-13-7-11(18)5-10-6-12(17(22)24-14(10)13)16-20-15(21-25-16)9-3-2-4-19-8-9/h2-8H,1H3. The topological polar surface area (TPSA) is 91.3 Å². The first-order valence-corrected chi connectivity index (χ1v) is 8.01. The molecule has 0 radical (unpaired) electrons. The predicted octanol–water partition coefficient (Wildman–Crippen LogP) is 3.68. The van der Waals surface area contributed by atoms with Gasteiger partial charge in [0.05, 0.1) is 7.11 Å². The first kappa shape index (κ1) is 15.5. The summed E-state index contributed by atoms with van der Waals surface area (Å²) in [5.41, 5.74) is 0.628. The van der Waals surface area contributed by atoms with Crippen LogP contribution in [0.15, 0.2) is 60.9 Å². The van der Waals surface area contributed by atoms with E-state index in [-0.39, 0.29) is 11.5 Å². The lowest BCUT2D eigenvalue weighted by Crippen LogP contribution is -2.03. The van der Waals surface area contributed by atoms with Crippen LogP contribution in [0.4, 0.5) is 0 Å². The maximum Gasteiger partial charge on any atom is 0.349 e. The summed E-state index contributed by atoms with van der Waals surface area (Å²) in [7, 11) is 1.51. The zero-order valence-electron chi connectivity index (χ0n) is 12.9. The highest BCUT2D eigenvalue weighted by Crippen LogP contribution is 2.31. The number of hydrogen-bond donors (Lipinski definition) is 0. The lowest BCUT2D eigenvalue weighted by atomic mass is 10.1. The second-order valence-electron chi connectivity index (χ2n) is 5.14. The maximum atomic E-state index is 12.4. The minimum absolute atomic E-state index is 0.0773. The van der Waals surface area contributed by atoms with E-state index in [1.165, 1.54) is 7.11 Å². The van der Waals surface area contributed by atoms with Gasteiger partial charge in [-0.2, -0.15) is 4.98 Å². The molecule has 3 aromatic heterocycles. The number of aromatic nitrogens is 3. The highest BCUT2D eigenvalue weighted by molar-refractivity contribution is 9.10. The Morgan fingerprint density at radius 3 is 2.88 bits per heavy atom. The summed E-state index contributed by atoms with van der Waals surface area (Å²) in [4.78, 5) is 20.6. The summed E-state index contributed by atoms with van der Waals surface area (Å²) in [6, 6.07) is 8.72. The molecule has 0 fully saturated rings. The molecule has 0 unspecified atom stereocenters. The van der Waals surface area contributed by atoms with Crippen molar-refractivity contribution in [1.29, 1.82) is 0 Å². The van der Waals surface area contributed by atoms with Gasteiger partial charge in [0.25, 0.3) is 5.89 Å². The molecule has 0 bridgehead atoms. The molecule has 0 aliphatic carbocycles. The molecule has 0 saturated heterocycles. The molecule has 4 aromatic rings. The van der Waals surface area contributed by atoms with Gasteiger partial charge in [-0.05, 0) is 30.3 Å². The third kappa shape index (κ3) is 2.80. The summed E-state index contributed by atoms with van der Waals surface area (Å²) in [6.07, 6.45) is 3.26. The van der Waals surface area contributed by atoms with Crippen LogP contribution in [0.25, 0.3) is 33.8 Å². The number of pyridine rings is 1. The van der Waals surface area contributed by atoms with Crippen LogP contribution >= 0.6 is 15.9 Å². The van der Waals surface area contributed by atoms with Gasteiger partial charge in [0, 0.05) is 27.8 Å². The Hall–Kier alpha value is -3.00. The summed E-state index contributed by atoms with van der Waals surface area (Å²) < 4.78 is 16.7. The highest BCUT2D eigenvalue weighted by Gasteiger charge is 2.18.